The normalized spacial score (nSPS) is 21.3. The molecule has 1 fully saturated rings. The van der Waals surface area contributed by atoms with Gasteiger partial charge in [-0.05, 0) is 20.3 Å². The van der Waals surface area contributed by atoms with E-state index in [1.165, 1.54) is 0 Å². The fourth-order valence-electron chi connectivity index (χ4n) is 3.05. The van der Waals surface area contributed by atoms with E-state index in [0.717, 1.165) is 10.7 Å². The van der Waals surface area contributed by atoms with Crippen molar-refractivity contribution in [3.63, 3.8) is 0 Å². The Morgan fingerprint density at radius 2 is 2.33 bits per heavy atom. The summed E-state index contributed by atoms with van der Waals surface area (Å²) in [4.78, 5) is 20.4. The van der Waals surface area contributed by atoms with Gasteiger partial charge in [-0.1, -0.05) is 5.16 Å². The zero-order chi connectivity index (χ0) is 17.3. The molecule has 1 amide bonds. The number of likely N-dealkylation sites (tertiary alicyclic amines) is 1. The van der Waals surface area contributed by atoms with E-state index < -0.39 is 6.17 Å². The fraction of sp³-hybridized carbons (Fsp3) is 0.562. The first kappa shape index (κ1) is 17.0. The maximum absolute atomic E-state index is 13.9. The van der Waals surface area contributed by atoms with Gasteiger partial charge in [-0.25, -0.2) is 9.37 Å². The zero-order valence-corrected chi connectivity index (χ0v) is 14.8. The number of hydrogen-bond donors (Lipinski definition) is 0. The van der Waals surface area contributed by atoms with E-state index in [0.29, 0.717) is 31.7 Å². The Bertz CT molecular complexity index is 717. The number of aryl methyl sites for hydroxylation is 2. The first-order chi connectivity index (χ1) is 11.4. The number of rotatable bonds is 5. The molecule has 0 N–H and O–H groups in total. The van der Waals surface area contributed by atoms with Gasteiger partial charge in [-0.2, -0.15) is 0 Å². The van der Waals surface area contributed by atoms with Crippen molar-refractivity contribution in [2.75, 3.05) is 20.1 Å². The second-order valence-corrected chi connectivity index (χ2v) is 7.35. The first-order valence-electron chi connectivity index (χ1n) is 7.90. The molecule has 2 atom stereocenters. The molecule has 3 heterocycles. The lowest BCUT2D eigenvalue weighted by Crippen LogP contribution is -2.40. The molecule has 0 aliphatic carbocycles. The van der Waals surface area contributed by atoms with Crippen molar-refractivity contribution in [1.29, 1.82) is 0 Å². The van der Waals surface area contributed by atoms with Crippen LogP contribution < -0.4 is 0 Å². The molecule has 1 saturated heterocycles. The summed E-state index contributed by atoms with van der Waals surface area (Å²) in [6.45, 7) is 5.16. The molecule has 0 saturated carbocycles. The molecule has 24 heavy (non-hydrogen) atoms. The Labute approximate surface area is 144 Å². The van der Waals surface area contributed by atoms with Gasteiger partial charge in [0.2, 0.25) is 5.76 Å². The molecular weight excluding hydrogens is 331 g/mol. The fourth-order valence-corrected chi connectivity index (χ4v) is 3.65. The minimum atomic E-state index is -0.870. The summed E-state index contributed by atoms with van der Waals surface area (Å²) in [5, 5.41) is 6.75. The molecule has 0 aromatic carbocycles. The maximum atomic E-state index is 13.9. The van der Waals surface area contributed by atoms with Gasteiger partial charge in [-0.3, -0.25) is 9.69 Å². The lowest BCUT2D eigenvalue weighted by Gasteiger charge is -2.27. The molecule has 3 rings (SSSR count). The van der Waals surface area contributed by atoms with Crippen LogP contribution >= 0.6 is 11.3 Å². The Morgan fingerprint density at radius 3 is 2.96 bits per heavy atom. The highest BCUT2D eigenvalue weighted by molar-refractivity contribution is 7.09. The molecule has 6 nitrogen and oxygen atoms in total. The lowest BCUT2D eigenvalue weighted by molar-refractivity contribution is 0.0708. The molecule has 130 valence electrons. The minimum Gasteiger partial charge on any atom is -0.351 e. The SMILES string of the molecule is Cc1cc(C(=O)N(C)C[C@@H]2C[C@H](F)CN2Cc2csc(C)n2)on1. The van der Waals surface area contributed by atoms with Crippen molar-refractivity contribution in [1.82, 2.24) is 19.9 Å². The third-order valence-corrected chi connectivity index (χ3v) is 5.00. The highest BCUT2D eigenvalue weighted by Crippen LogP contribution is 2.24. The standard InChI is InChI=1S/C16H21FN4O2S/c1-10-4-15(23-19-10)16(22)20(3)8-14-5-12(17)6-21(14)7-13-9-24-11(2)18-13/h4,9,12,14H,5-8H2,1-3H3/t12-,14-/m0/s1. The molecule has 2 aromatic rings. The van der Waals surface area contributed by atoms with Crippen molar-refractivity contribution in [2.45, 2.75) is 39.0 Å². The quantitative estimate of drug-likeness (QED) is 0.827. The summed E-state index contributed by atoms with van der Waals surface area (Å²) in [6, 6.07) is 1.58. The van der Waals surface area contributed by atoms with Crippen LogP contribution in [-0.4, -0.2) is 58.2 Å². The van der Waals surface area contributed by atoms with Crippen molar-refractivity contribution >= 4 is 17.2 Å². The highest BCUT2D eigenvalue weighted by Gasteiger charge is 2.34. The molecule has 8 heteroatoms. The number of likely N-dealkylation sites (N-methyl/N-ethyl adjacent to an activating group) is 1. The summed E-state index contributed by atoms with van der Waals surface area (Å²) >= 11 is 1.59. The molecule has 2 aromatic heterocycles. The average molecular weight is 352 g/mol. The number of nitrogens with zero attached hydrogens (tertiary/aromatic N) is 4. The van der Waals surface area contributed by atoms with Gasteiger partial charge in [-0.15, -0.1) is 11.3 Å². The number of carbonyl (C=O) groups is 1. The van der Waals surface area contributed by atoms with Crippen LogP contribution in [0, 0.1) is 13.8 Å². The number of amides is 1. The number of halogens is 1. The van der Waals surface area contributed by atoms with E-state index in [4.69, 9.17) is 4.52 Å². The van der Waals surface area contributed by atoms with Gasteiger partial charge < -0.3 is 9.42 Å². The smallest absolute Gasteiger partial charge is 0.292 e. The summed E-state index contributed by atoms with van der Waals surface area (Å²) in [7, 11) is 1.71. The molecule has 1 aliphatic rings. The van der Waals surface area contributed by atoms with Crippen LogP contribution in [0.1, 0.15) is 33.4 Å². The Balaban J connectivity index is 1.64. The van der Waals surface area contributed by atoms with Gasteiger partial charge in [0.1, 0.15) is 6.17 Å². The van der Waals surface area contributed by atoms with E-state index >= 15 is 0 Å². The zero-order valence-electron chi connectivity index (χ0n) is 14.0. The molecule has 1 aliphatic heterocycles. The van der Waals surface area contributed by atoms with Crippen molar-refractivity contribution in [3.8, 4) is 0 Å². The lowest BCUT2D eigenvalue weighted by atomic mass is 10.2. The molecule has 0 unspecified atom stereocenters. The van der Waals surface area contributed by atoms with Gasteiger partial charge in [0, 0.05) is 44.2 Å². The van der Waals surface area contributed by atoms with Crippen molar-refractivity contribution in [3.05, 3.63) is 33.6 Å². The molecule has 0 radical (unpaired) electrons. The van der Waals surface area contributed by atoms with Crippen LogP contribution in [0.2, 0.25) is 0 Å². The van der Waals surface area contributed by atoms with Crippen LogP contribution in [0.3, 0.4) is 0 Å². The molecule has 0 spiro atoms. The van der Waals surface area contributed by atoms with Crippen molar-refractivity contribution in [2.24, 2.45) is 0 Å². The highest BCUT2D eigenvalue weighted by atomic mass is 32.1. The van der Waals surface area contributed by atoms with E-state index in [-0.39, 0.29) is 17.7 Å². The van der Waals surface area contributed by atoms with Crippen LogP contribution in [0.5, 0.6) is 0 Å². The Hall–Kier alpha value is -1.80. The molecular formula is C16H21FN4O2S. The Kier molecular flexibility index (Phi) is 4.96. The predicted molar refractivity (Wildman–Crippen MR) is 88.8 cm³/mol. The summed E-state index contributed by atoms with van der Waals surface area (Å²) < 4.78 is 18.9. The number of aromatic nitrogens is 2. The maximum Gasteiger partial charge on any atom is 0.292 e. The van der Waals surface area contributed by atoms with Gasteiger partial charge in [0.05, 0.1) is 16.4 Å². The number of carbonyl (C=O) groups excluding carboxylic acids is 1. The average Bonchev–Trinajstić information content (AvgIpc) is 3.21. The second-order valence-electron chi connectivity index (χ2n) is 6.29. The second kappa shape index (κ2) is 6.98. The van der Waals surface area contributed by atoms with E-state index in [1.807, 2.05) is 12.3 Å². The monoisotopic (exact) mass is 352 g/mol. The third-order valence-electron chi connectivity index (χ3n) is 4.18. The largest absolute Gasteiger partial charge is 0.351 e. The number of alkyl halides is 1. The first-order valence-corrected chi connectivity index (χ1v) is 8.78. The molecule has 0 bridgehead atoms. The van der Waals surface area contributed by atoms with Gasteiger partial charge in [0.15, 0.2) is 0 Å². The Morgan fingerprint density at radius 1 is 1.54 bits per heavy atom. The van der Waals surface area contributed by atoms with Crippen LogP contribution in [0.15, 0.2) is 16.0 Å². The van der Waals surface area contributed by atoms with Crippen LogP contribution in [0.25, 0.3) is 0 Å². The topological polar surface area (TPSA) is 62.5 Å². The summed E-state index contributed by atoms with van der Waals surface area (Å²) in [5.41, 5.74) is 1.62. The minimum absolute atomic E-state index is 0.0278. The predicted octanol–water partition coefficient (Wildman–Crippen LogP) is 2.43. The number of hydrogen-bond acceptors (Lipinski definition) is 6. The third kappa shape index (κ3) is 3.81. The van der Waals surface area contributed by atoms with E-state index in [2.05, 4.69) is 15.0 Å². The summed E-state index contributed by atoms with van der Waals surface area (Å²) in [5.74, 6) is -0.0196. The van der Waals surface area contributed by atoms with Gasteiger partial charge in [0.25, 0.3) is 5.91 Å². The van der Waals surface area contributed by atoms with E-state index in [9.17, 15) is 9.18 Å². The summed E-state index contributed by atoms with van der Waals surface area (Å²) in [6.07, 6.45) is -0.443. The van der Waals surface area contributed by atoms with E-state index in [1.54, 1.807) is 36.3 Å². The van der Waals surface area contributed by atoms with Crippen LogP contribution in [-0.2, 0) is 6.54 Å². The van der Waals surface area contributed by atoms with Crippen LogP contribution in [0.4, 0.5) is 4.39 Å². The van der Waals surface area contributed by atoms with Crippen molar-refractivity contribution < 1.29 is 13.7 Å². The number of thiazole rings is 1. The van der Waals surface area contributed by atoms with Gasteiger partial charge >= 0.3 is 0 Å².